The topological polar surface area (TPSA) is 72.7 Å². The highest BCUT2D eigenvalue weighted by Gasteiger charge is 2.31. The Hall–Kier alpha value is -2.67. The van der Waals surface area contributed by atoms with Crippen LogP contribution in [0.5, 0.6) is 0 Å². The second-order valence-corrected chi connectivity index (χ2v) is 8.08. The Labute approximate surface area is 162 Å². The van der Waals surface area contributed by atoms with Crippen LogP contribution >= 0.6 is 11.8 Å². The van der Waals surface area contributed by atoms with Gasteiger partial charge in [-0.2, -0.15) is 0 Å². The summed E-state index contributed by atoms with van der Waals surface area (Å²) in [5.74, 6) is 0.776. The highest BCUT2D eigenvalue weighted by molar-refractivity contribution is 8.00. The molecule has 6 nitrogen and oxygen atoms in total. The van der Waals surface area contributed by atoms with Crippen LogP contribution in [0.1, 0.15) is 31.4 Å². The van der Waals surface area contributed by atoms with E-state index in [2.05, 4.69) is 25.1 Å². The van der Waals surface area contributed by atoms with Crippen LogP contribution in [0.3, 0.4) is 0 Å². The van der Waals surface area contributed by atoms with Crippen molar-refractivity contribution in [2.24, 2.45) is 0 Å². The van der Waals surface area contributed by atoms with Crippen molar-refractivity contribution in [1.29, 1.82) is 0 Å². The minimum absolute atomic E-state index is 0.0427. The summed E-state index contributed by atoms with van der Waals surface area (Å²) in [4.78, 5) is 16.8. The van der Waals surface area contributed by atoms with E-state index >= 15 is 0 Å². The van der Waals surface area contributed by atoms with E-state index in [-0.39, 0.29) is 11.2 Å². The van der Waals surface area contributed by atoms with Crippen molar-refractivity contribution >= 4 is 23.4 Å². The number of aromatic nitrogens is 4. The molecule has 1 N–H and O–H groups in total. The summed E-state index contributed by atoms with van der Waals surface area (Å²) in [6.07, 6.45) is 5.77. The number of rotatable bonds is 6. The van der Waals surface area contributed by atoms with Gasteiger partial charge in [-0.1, -0.05) is 23.9 Å². The van der Waals surface area contributed by atoms with E-state index in [0.29, 0.717) is 6.04 Å². The zero-order valence-electron chi connectivity index (χ0n) is 15.3. The first kappa shape index (κ1) is 17.7. The summed E-state index contributed by atoms with van der Waals surface area (Å²) < 4.78 is 2.15. The van der Waals surface area contributed by atoms with E-state index in [1.54, 1.807) is 12.4 Å². The van der Waals surface area contributed by atoms with E-state index < -0.39 is 0 Å². The van der Waals surface area contributed by atoms with E-state index in [1.807, 2.05) is 50.2 Å². The number of anilines is 1. The molecule has 1 saturated carbocycles. The summed E-state index contributed by atoms with van der Waals surface area (Å²) in [5, 5.41) is 12.2. The first-order valence-electron chi connectivity index (χ1n) is 9.01. The molecule has 1 amide bonds. The number of thioether (sulfide) groups is 1. The Morgan fingerprint density at radius 1 is 1.26 bits per heavy atom. The Kier molecular flexibility index (Phi) is 4.94. The molecule has 0 aliphatic heterocycles. The van der Waals surface area contributed by atoms with Crippen LogP contribution < -0.4 is 5.32 Å². The Balaban J connectivity index is 1.52. The van der Waals surface area contributed by atoms with E-state index in [9.17, 15) is 4.79 Å². The van der Waals surface area contributed by atoms with Crippen molar-refractivity contribution in [3.05, 3.63) is 54.4 Å². The number of hydrogen-bond donors (Lipinski definition) is 1. The molecule has 1 atom stereocenters. The Morgan fingerprint density at radius 2 is 2.11 bits per heavy atom. The predicted molar refractivity (Wildman–Crippen MR) is 107 cm³/mol. The molecule has 27 heavy (non-hydrogen) atoms. The second-order valence-electron chi connectivity index (χ2n) is 6.77. The maximum Gasteiger partial charge on any atom is 0.237 e. The number of amides is 1. The van der Waals surface area contributed by atoms with Crippen molar-refractivity contribution in [3.8, 4) is 11.4 Å². The molecule has 2 heterocycles. The lowest BCUT2D eigenvalue weighted by Crippen LogP contribution is -2.23. The molecule has 0 unspecified atom stereocenters. The van der Waals surface area contributed by atoms with Crippen LogP contribution in [-0.4, -0.2) is 30.9 Å². The summed E-state index contributed by atoms with van der Waals surface area (Å²) in [7, 11) is 0. The number of pyridine rings is 1. The molecular formula is C20H21N5OS. The van der Waals surface area contributed by atoms with Gasteiger partial charge >= 0.3 is 0 Å². The molecule has 1 fully saturated rings. The number of nitrogens with zero attached hydrogens (tertiary/aromatic N) is 4. The van der Waals surface area contributed by atoms with Gasteiger partial charge in [-0.15, -0.1) is 10.2 Å². The van der Waals surface area contributed by atoms with Gasteiger partial charge in [-0.25, -0.2) is 0 Å². The zero-order valence-corrected chi connectivity index (χ0v) is 16.1. The number of benzene rings is 1. The van der Waals surface area contributed by atoms with Crippen LogP contribution in [0.2, 0.25) is 0 Å². The molecule has 4 rings (SSSR count). The zero-order chi connectivity index (χ0) is 18.8. The highest BCUT2D eigenvalue weighted by atomic mass is 32.2. The van der Waals surface area contributed by atoms with Gasteiger partial charge in [0.2, 0.25) is 5.91 Å². The summed E-state index contributed by atoms with van der Waals surface area (Å²) in [6, 6.07) is 12.1. The van der Waals surface area contributed by atoms with E-state index in [1.165, 1.54) is 11.8 Å². The lowest BCUT2D eigenvalue weighted by molar-refractivity contribution is -0.115. The van der Waals surface area contributed by atoms with Crippen molar-refractivity contribution < 1.29 is 4.79 Å². The normalized spacial score (nSPS) is 14.7. The molecule has 1 aromatic carbocycles. The summed E-state index contributed by atoms with van der Waals surface area (Å²) >= 11 is 1.44. The van der Waals surface area contributed by atoms with Crippen molar-refractivity contribution in [2.45, 2.75) is 43.1 Å². The lowest BCUT2D eigenvalue weighted by Gasteiger charge is -2.13. The predicted octanol–water partition coefficient (Wildman–Crippen LogP) is 4.10. The number of carbonyl (C=O) groups is 1. The molecule has 1 aliphatic carbocycles. The minimum atomic E-state index is -0.283. The standard InChI is InChI=1S/C20H21N5OS/c1-13-5-3-7-16(11-13)22-19(26)14(2)27-20-24-23-18(25(20)17-8-9-17)15-6-4-10-21-12-15/h3-7,10-12,14,17H,8-9H2,1-2H3,(H,22,26)/t14-/m1/s1. The summed E-state index contributed by atoms with van der Waals surface area (Å²) in [5.41, 5.74) is 2.87. The van der Waals surface area contributed by atoms with Gasteiger partial charge in [0, 0.05) is 29.7 Å². The first-order valence-corrected chi connectivity index (χ1v) is 9.89. The Morgan fingerprint density at radius 3 is 2.81 bits per heavy atom. The third-order valence-corrected chi connectivity index (χ3v) is 5.49. The van der Waals surface area contributed by atoms with E-state index in [0.717, 1.165) is 40.6 Å². The number of aryl methyl sites for hydroxylation is 1. The molecule has 0 spiro atoms. The molecule has 7 heteroatoms. The summed E-state index contributed by atoms with van der Waals surface area (Å²) in [6.45, 7) is 3.90. The fourth-order valence-electron chi connectivity index (χ4n) is 2.89. The molecule has 1 aliphatic rings. The van der Waals surface area contributed by atoms with Crippen LogP contribution in [-0.2, 0) is 4.79 Å². The maximum atomic E-state index is 12.6. The molecule has 0 bridgehead atoms. The Bertz CT molecular complexity index is 952. The molecular weight excluding hydrogens is 358 g/mol. The van der Waals surface area contributed by atoms with Gasteiger partial charge in [0.05, 0.1) is 5.25 Å². The van der Waals surface area contributed by atoms with Crippen molar-refractivity contribution in [3.63, 3.8) is 0 Å². The van der Waals surface area contributed by atoms with Crippen molar-refractivity contribution in [1.82, 2.24) is 19.7 Å². The fraction of sp³-hybridized carbons (Fsp3) is 0.300. The monoisotopic (exact) mass is 379 g/mol. The number of carbonyl (C=O) groups excluding carboxylic acids is 1. The highest BCUT2D eigenvalue weighted by Crippen LogP contribution is 2.41. The molecule has 0 radical (unpaired) electrons. The van der Waals surface area contributed by atoms with Gasteiger partial charge < -0.3 is 5.32 Å². The van der Waals surface area contributed by atoms with Gasteiger partial charge in [0.15, 0.2) is 11.0 Å². The van der Waals surface area contributed by atoms with E-state index in [4.69, 9.17) is 0 Å². The lowest BCUT2D eigenvalue weighted by atomic mass is 10.2. The smallest absolute Gasteiger partial charge is 0.237 e. The van der Waals surface area contributed by atoms with Gasteiger partial charge in [-0.05, 0) is 56.5 Å². The molecule has 2 aromatic heterocycles. The minimum Gasteiger partial charge on any atom is -0.325 e. The molecule has 138 valence electrons. The fourth-order valence-corrected chi connectivity index (χ4v) is 3.81. The van der Waals surface area contributed by atoms with Gasteiger partial charge in [0.25, 0.3) is 0 Å². The SMILES string of the molecule is Cc1cccc(NC(=O)[C@@H](C)Sc2nnc(-c3cccnc3)n2C2CC2)c1. The molecule has 3 aromatic rings. The average Bonchev–Trinajstić information content (AvgIpc) is 3.42. The van der Waals surface area contributed by atoms with Crippen LogP contribution in [0, 0.1) is 6.92 Å². The first-order chi connectivity index (χ1) is 13.1. The van der Waals surface area contributed by atoms with Crippen LogP contribution in [0.25, 0.3) is 11.4 Å². The number of hydrogen-bond acceptors (Lipinski definition) is 5. The average molecular weight is 379 g/mol. The van der Waals surface area contributed by atoms with Crippen molar-refractivity contribution in [2.75, 3.05) is 5.32 Å². The molecule has 0 saturated heterocycles. The largest absolute Gasteiger partial charge is 0.325 e. The number of nitrogens with one attached hydrogen (secondary N) is 1. The van der Waals surface area contributed by atoms with Crippen LogP contribution in [0.15, 0.2) is 53.9 Å². The van der Waals surface area contributed by atoms with Gasteiger partial charge in [0.1, 0.15) is 0 Å². The van der Waals surface area contributed by atoms with Gasteiger partial charge in [-0.3, -0.25) is 14.3 Å². The maximum absolute atomic E-state index is 12.6. The third-order valence-electron chi connectivity index (χ3n) is 4.43. The second kappa shape index (κ2) is 7.52. The third kappa shape index (κ3) is 4.03. The quantitative estimate of drug-likeness (QED) is 0.653. The van der Waals surface area contributed by atoms with Crippen LogP contribution in [0.4, 0.5) is 5.69 Å².